The fraction of sp³-hybridized carbons (Fsp3) is 0.278. The molecule has 0 unspecified atom stereocenters. The smallest absolute Gasteiger partial charge is 0.224 e. The van der Waals surface area contributed by atoms with Crippen molar-refractivity contribution in [3.05, 3.63) is 65.5 Å². The van der Waals surface area contributed by atoms with Crippen molar-refractivity contribution in [3.8, 4) is 0 Å². The van der Waals surface area contributed by atoms with Crippen LogP contribution in [-0.4, -0.2) is 23.9 Å². The van der Waals surface area contributed by atoms with E-state index in [1.165, 1.54) is 23.3 Å². The maximum atomic E-state index is 13.1. The van der Waals surface area contributed by atoms with Gasteiger partial charge in [-0.15, -0.1) is 0 Å². The highest BCUT2D eigenvalue weighted by Gasteiger charge is 2.19. The van der Waals surface area contributed by atoms with E-state index in [1.807, 2.05) is 17.0 Å². The predicted molar refractivity (Wildman–Crippen MR) is 85.1 cm³/mol. The van der Waals surface area contributed by atoms with Gasteiger partial charge in [0.05, 0.1) is 0 Å². The lowest BCUT2D eigenvalue weighted by Crippen LogP contribution is -2.36. The van der Waals surface area contributed by atoms with Gasteiger partial charge in [-0.05, 0) is 35.7 Å². The van der Waals surface area contributed by atoms with Gasteiger partial charge in [-0.1, -0.05) is 30.3 Å². The van der Waals surface area contributed by atoms with E-state index in [9.17, 15) is 9.18 Å². The predicted octanol–water partition coefficient (Wildman–Crippen LogP) is 3.21. The summed E-state index contributed by atoms with van der Waals surface area (Å²) in [6.45, 7) is 1.98. The van der Waals surface area contributed by atoms with Gasteiger partial charge >= 0.3 is 0 Å². The van der Waals surface area contributed by atoms with Crippen molar-refractivity contribution >= 4 is 11.6 Å². The van der Waals surface area contributed by atoms with Crippen LogP contribution in [0.3, 0.4) is 0 Å². The minimum Gasteiger partial charge on any atom is -0.384 e. The Bertz CT molecular complexity index is 672. The molecular formula is C18H19FN2O. The van der Waals surface area contributed by atoms with Crippen LogP contribution in [0.25, 0.3) is 0 Å². The first-order valence-electron chi connectivity index (χ1n) is 7.56. The maximum absolute atomic E-state index is 13.1. The third-order valence-corrected chi connectivity index (χ3v) is 3.98. The number of hydrogen-bond donors (Lipinski definition) is 1. The molecule has 0 spiro atoms. The Hall–Kier alpha value is -2.36. The van der Waals surface area contributed by atoms with E-state index in [0.29, 0.717) is 25.2 Å². The van der Waals surface area contributed by atoms with Gasteiger partial charge in [0.15, 0.2) is 0 Å². The fourth-order valence-electron chi connectivity index (χ4n) is 2.78. The summed E-state index contributed by atoms with van der Waals surface area (Å²) in [5.74, 6) is -0.137. The van der Waals surface area contributed by atoms with Gasteiger partial charge in [-0.3, -0.25) is 4.79 Å². The number of benzene rings is 2. The molecule has 2 aromatic carbocycles. The minimum atomic E-state index is -0.274. The Morgan fingerprint density at radius 2 is 1.95 bits per heavy atom. The van der Waals surface area contributed by atoms with Crippen LogP contribution in [0.5, 0.6) is 0 Å². The number of nitrogens with zero attached hydrogens (tertiary/aromatic N) is 1. The topological polar surface area (TPSA) is 32.3 Å². The quantitative estimate of drug-likeness (QED) is 0.940. The SMILES string of the molecule is O=C(CCNc1cccc(F)c1)N1CCc2ccccc2C1. The molecule has 1 amide bonds. The van der Waals surface area contributed by atoms with Crippen LogP contribution in [-0.2, 0) is 17.8 Å². The van der Waals surface area contributed by atoms with Gasteiger partial charge in [0.1, 0.15) is 5.82 Å². The molecule has 0 saturated heterocycles. The van der Waals surface area contributed by atoms with Crippen molar-refractivity contribution in [1.82, 2.24) is 4.90 Å². The molecule has 3 nitrogen and oxygen atoms in total. The first-order chi connectivity index (χ1) is 10.7. The third-order valence-electron chi connectivity index (χ3n) is 3.98. The standard InChI is InChI=1S/C18H19FN2O/c19-16-6-3-7-17(12-16)20-10-8-18(22)21-11-9-14-4-1-2-5-15(14)13-21/h1-7,12,20H,8-11,13H2. The molecular weight excluding hydrogens is 279 g/mol. The molecule has 4 heteroatoms. The molecule has 1 N–H and O–H groups in total. The Balaban J connectivity index is 1.51. The highest BCUT2D eigenvalue weighted by atomic mass is 19.1. The average molecular weight is 298 g/mol. The van der Waals surface area contributed by atoms with Gasteiger partial charge in [-0.2, -0.15) is 0 Å². The molecule has 0 aliphatic carbocycles. The summed E-state index contributed by atoms with van der Waals surface area (Å²) in [4.78, 5) is 14.2. The summed E-state index contributed by atoms with van der Waals surface area (Å²) < 4.78 is 13.1. The largest absolute Gasteiger partial charge is 0.384 e. The number of rotatable bonds is 4. The van der Waals surface area contributed by atoms with Crippen LogP contribution >= 0.6 is 0 Å². The summed E-state index contributed by atoms with van der Waals surface area (Å²) in [7, 11) is 0. The van der Waals surface area contributed by atoms with E-state index < -0.39 is 0 Å². The normalized spacial score (nSPS) is 13.6. The van der Waals surface area contributed by atoms with Crippen LogP contribution < -0.4 is 5.32 Å². The van der Waals surface area contributed by atoms with Crippen LogP contribution in [0.4, 0.5) is 10.1 Å². The van der Waals surface area contributed by atoms with E-state index in [-0.39, 0.29) is 11.7 Å². The van der Waals surface area contributed by atoms with Crippen molar-refractivity contribution in [1.29, 1.82) is 0 Å². The molecule has 0 atom stereocenters. The van der Waals surface area contributed by atoms with Crippen molar-refractivity contribution in [2.24, 2.45) is 0 Å². The first-order valence-corrected chi connectivity index (χ1v) is 7.56. The summed E-state index contributed by atoms with van der Waals surface area (Å²) in [5.41, 5.74) is 3.28. The number of halogens is 1. The van der Waals surface area contributed by atoms with E-state index in [0.717, 1.165) is 13.0 Å². The maximum Gasteiger partial charge on any atom is 0.224 e. The molecule has 114 valence electrons. The molecule has 1 aliphatic rings. The number of hydrogen-bond acceptors (Lipinski definition) is 2. The average Bonchev–Trinajstić information content (AvgIpc) is 2.54. The van der Waals surface area contributed by atoms with Gasteiger partial charge in [0, 0.05) is 31.7 Å². The number of carbonyl (C=O) groups excluding carboxylic acids is 1. The lowest BCUT2D eigenvalue weighted by Gasteiger charge is -2.29. The van der Waals surface area contributed by atoms with Gasteiger partial charge < -0.3 is 10.2 Å². The summed E-state index contributed by atoms with van der Waals surface area (Å²) in [6, 6.07) is 14.6. The number of amides is 1. The lowest BCUT2D eigenvalue weighted by atomic mass is 10.00. The Morgan fingerprint density at radius 1 is 1.14 bits per heavy atom. The van der Waals surface area contributed by atoms with Gasteiger partial charge in [0.2, 0.25) is 5.91 Å². The van der Waals surface area contributed by atoms with Gasteiger partial charge in [-0.25, -0.2) is 4.39 Å². The second-order valence-corrected chi connectivity index (χ2v) is 5.52. The Labute approximate surface area is 129 Å². The fourth-order valence-corrected chi connectivity index (χ4v) is 2.78. The third kappa shape index (κ3) is 3.45. The van der Waals surface area contributed by atoms with E-state index in [2.05, 4.69) is 17.4 Å². The van der Waals surface area contributed by atoms with E-state index in [1.54, 1.807) is 12.1 Å². The first kappa shape index (κ1) is 14.6. The Kier molecular flexibility index (Phi) is 4.37. The molecule has 0 radical (unpaired) electrons. The van der Waals surface area contributed by atoms with Crippen LogP contribution in [0, 0.1) is 5.82 Å². The summed E-state index contributed by atoms with van der Waals surface area (Å²) in [5, 5.41) is 3.09. The highest BCUT2D eigenvalue weighted by molar-refractivity contribution is 5.77. The molecule has 3 rings (SSSR count). The van der Waals surface area contributed by atoms with E-state index in [4.69, 9.17) is 0 Å². The number of carbonyl (C=O) groups is 1. The summed E-state index contributed by atoms with van der Waals surface area (Å²) in [6.07, 6.45) is 1.33. The number of fused-ring (bicyclic) bond motifs is 1. The van der Waals surface area contributed by atoms with E-state index >= 15 is 0 Å². The molecule has 0 fully saturated rings. The van der Waals surface area contributed by atoms with Crippen LogP contribution in [0.15, 0.2) is 48.5 Å². The van der Waals surface area contributed by atoms with Crippen LogP contribution in [0.1, 0.15) is 17.5 Å². The van der Waals surface area contributed by atoms with Crippen molar-refractivity contribution in [2.45, 2.75) is 19.4 Å². The summed E-state index contributed by atoms with van der Waals surface area (Å²) >= 11 is 0. The molecule has 1 heterocycles. The molecule has 22 heavy (non-hydrogen) atoms. The molecule has 2 aromatic rings. The minimum absolute atomic E-state index is 0.137. The molecule has 0 bridgehead atoms. The Morgan fingerprint density at radius 3 is 2.77 bits per heavy atom. The molecule has 0 aromatic heterocycles. The zero-order valence-corrected chi connectivity index (χ0v) is 12.4. The molecule has 0 saturated carbocycles. The van der Waals surface area contributed by atoms with Crippen molar-refractivity contribution < 1.29 is 9.18 Å². The van der Waals surface area contributed by atoms with Crippen molar-refractivity contribution in [3.63, 3.8) is 0 Å². The zero-order chi connectivity index (χ0) is 15.4. The lowest BCUT2D eigenvalue weighted by molar-refractivity contribution is -0.131. The number of nitrogens with one attached hydrogen (secondary N) is 1. The van der Waals surface area contributed by atoms with Crippen molar-refractivity contribution in [2.75, 3.05) is 18.4 Å². The zero-order valence-electron chi connectivity index (χ0n) is 12.4. The molecule has 1 aliphatic heterocycles. The number of anilines is 1. The monoisotopic (exact) mass is 298 g/mol. The highest BCUT2D eigenvalue weighted by Crippen LogP contribution is 2.19. The van der Waals surface area contributed by atoms with Crippen LogP contribution in [0.2, 0.25) is 0 Å². The van der Waals surface area contributed by atoms with Gasteiger partial charge in [0.25, 0.3) is 0 Å². The second-order valence-electron chi connectivity index (χ2n) is 5.52. The second kappa shape index (κ2) is 6.60.